The van der Waals surface area contributed by atoms with Crippen LogP contribution in [0.4, 0.5) is 5.88 Å². The maximum Gasteiger partial charge on any atom is 0.293 e. The number of nitrogen functional groups attached to an aromatic ring is 1. The second-order valence-electron chi connectivity index (χ2n) is 3.13. The molecule has 16 heavy (non-hydrogen) atoms. The molecular weight excluding hydrogens is 208 g/mol. The summed E-state index contributed by atoms with van der Waals surface area (Å²) >= 11 is 0. The van der Waals surface area contributed by atoms with Crippen molar-refractivity contribution in [2.75, 3.05) is 5.73 Å². The third kappa shape index (κ3) is 2.35. The van der Waals surface area contributed by atoms with Gasteiger partial charge in [-0.1, -0.05) is 40.0 Å². The van der Waals surface area contributed by atoms with Crippen LogP contribution in [0.25, 0.3) is 0 Å². The minimum Gasteiger partial charge on any atom is -0.805 e. The first-order valence-electron chi connectivity index (χ1n) is 4.65. The highest BCUT2D eigenvalue weighted by Gasteiger charge is 2.06. The number of nitrogens with two attached hydrogens (primary N) is 1. The molecule has 0 amide bonds. The lowest BCUT2D eigenvalue weighted by molar-refractivity contribution is -0.679. The molecule has 0 spiro atoms. The van der Waals surface area contributed by atoms with Gasteiger partial charge in [0.2, 0.25) is 0 Å². The monoisotopic (exact) mass is 218 g/mol. The summed E-state index contributed by atoms with van der Waals surface area (Å²) < 4.78 is 5.50. The van der Waals surface area contributed by atoms with Crippen molar-refractivity contribution in [3.8, 4) is 0 Å². The van der Waals surface area contributed by atoms with Crippen LogP contribution in [0.5, 0.6) is 0 Å². The van der Waals surface area contributed by atoms with E-state index in [0.717, 1.165) is 10.2 Å². The second kappa shape index (κ2) is 4.43. The van der Waals surface area contributed by atoms with Crippen molar-refractivity contribution < 1.29 is 14.3 Å². The maximum atomic E-state index is 11.4. The van der Waals surface area contributed by atoms with E-state index < -0.39 is 6.02 Å². The molecule has 82 valence electrons. The van der Waals surface area contributed by atoms with E-state index in [9.17, 15) is 5.11 Å². The van der Waals surface area contributed by atoms with Gasteiger partial charge < -0.3 is 15.4 Å². The highest BCUT2D eigenvalue weighted by atomic mass is 16.5. The maximum absolute atomic E-state index is 11.4. The van der Waals surface area contributed by atoms with Gasteiger partial charge in [-0.05, 0) is 5.56 Å². The summed E-state index contributed by atoms with van der Waals surface area (Å²) in [6, 6.07) is 8.94. The van der Waals surface area contributed by atoms with Gasteiger partial charge in [0.25, 0.3) is 11.9 Å². The molecule has 6 nitrogen and oxygen atoms in total. The summed E-state index contributed by atoms with van der Waals surface area (Å²) in [6.07, 6.45) is 1.27. The Kier molecular flexibility index (Phi) is 2.81. The van der Waals surface area contributed by atoms with E-state index in [1.54, 1.807) is 0 Å². The van der Waals surface area contributed by atoms with Gasteiger partial charge in [-0.2, -0.15) is 0 Å². The Balaban J connectivity index is 2.08. The summed E-state index contributed by atoms with van der Waals surface area (Å²) in [7, 11) is 0. The van der Waals surface area contributed by atoms with E-state index in [0.29, 0.717) is 6.54 Å². The average Bonchev–Trinajstić information content (AvgIpc) is 2.74. The van der Waals surface area contributed by atoms with E-state index >= 15 is 0 Å². The van der Waals surface area contributed by atoms with Crippen LogP contribution in [0.3, 0.4) is 0 Å². The second-order valence-corrected chi connectivity index (χ2v) is 3.13. The fourth-order valence-corrected chi connectivity index (χ4v) is 1.16. The third-order valence-corrected chi connectivity index (χ3v) is 1.92. The molecular formula is C10H10N4O2. The van der Waals surface area contributed by atoms with Crippen LogP contribution in [-0.4, -0.2) is 11.3 Å². The molecule has 1 aromatic carbocycles. The molecule has 0 saturated carbocycles. The standard InChI is InChI=1S/C10H10N4O2/c11-9-7-14(13-16-9)10(15)12-6-8-4-2-1-3-5-8/h1-5,7H,6H2,(H2-,11,12,13,15). The van der Waals surface area contributed by atoms with Crippen LogP contribution in [0.15, 0.2) is 46.0 Å². The van der Waals surface area contributed by atoms with Crippen molar-refractivity contribution in [3.63, 3.8) is 0 Å². The van der Waals surface area contributed by atoms with E-state index in [2.05, 4.69) is 14.8 Å². The van der Waals surface area contributed by atoms with E-state index in [-0.39, 0.29) is 5.88 Å². The van der Waals surface area contributed by atoms with Crippen LogP contribution in [0.1, 0.15) is 5.56 Å². The molecule has 0 unspecified atom stereocenters. The van der Waals surface area contributed by atoms with Gasteiger partial charge in [-0.15, -0.1) is 0 Å². The minimum absolute atomic E-state index is 0.0725. The number of rotatable bonds is 2. The number of aliphatic imine (C=N–C) groups is 1. The van der Waals surface area contributed by atoms with Gasteiger partial charge in [0.05, 0.1) is 0 Å². The van der Waals surface area contributed by atoms with Crippen LogP contribution < -0.4 is 15.5 Å². The zero-order valence-corrected chi connectivity index (χ0v) is 8.41. The molecule has 0 radical (unpaired) electrons. The molecule has 1 aromatic heterocycles. The van der Waals surface area contributed by atoms with Crippen LogP contribution >= 0.6 is 0 Å². The first-order chi connectivity index (χ1) is 7.75. The predicted molar refractivity (Wildman–Crippen MR) is 54.1 cm³/mol. The minimum atomic E-state index is -0.510. The smallest absolute Gasteiger partial charge is 0.293 e. The van der Waals surface area contributed by atoms with Crippen LogP contribution in [-0.2, 0) is 6.54 Å². The van der Waals surface area contributed by atoms with Crippen molar-refractivity contribution in [1.29, 1.82) is 0 Å². The molecule has 0 atom stereocenters. The predicted octanol–water partition coefficient (Wildman–Crippen LogP) is -0.691. The van der Waals surface area contributed by atoms with Crippen molar-refractivity contribution in [2.45, 2.75) is 6.54 Å². The molecule has 0 bridgehead atoms. The first-order valence-corrected chi connectivity index (χ1v) is 4.65. The van der Waals surface area contributed by atoms with E-state index in [1.165, 1.54) is 6.20 Å². The first kappa shape index (κ1) is 10.2. The number of benzene rings is 1. The molecule has 2 aromatic rings. The Hall–Kier alpha value is -2.37. The van der Waals surface area contributed by atoms with Gasteiger partial charge in [0.15, 0.2) is 12.7 Å². The molecule has 2 rings (SSSR count). The topological polar surface area (TPSA) is 91.3 Å². The molecule has 0 fully saturated rings. The largest absolute Gasteiger partial charge is 0.805 e. The highest BCUT2D eigenvalue weighted by molar-refractivity contribution is 5.58. The van der Waals surface area contributed by atoms with Gasteiger partial charge in [0, 0.05) is 0 Å². The lowest BCUT2D eigenvalue weighted by Crippen LogP contribution is -2.52. The quantitative estimate of drug-likeness (QED) is 0.410. The van der Waals surface area contributed by atoms with E-state index in [1.807, 2.05) is 30.3 Å². The fourth-order valence-electron chi connectivity index (χ4n) is 1.16. The number of nitrogens with zero attached hydrogens (tertiary/aromatic N) is 3. The Bertz CT molecular complexity index is 493. The zero-order valence-electron chi connectivity index (χ0n) is 8.41. The normalized spacial score (nSPS) is 11.6. The fraction of sp³-hybridized carbons (Fsp3) is 0.100. The molecule has 0 saturated heterocycles. The van der Waals surface area contributed by atoms with Crippen molar-refractivity contribution >= 4 is 11.9 Å². The summed E-state index contributed by atoms with van der Waals surface area (Å²) in [5.74, 6) is 0.0725. The van der Waals surface area contributed by atoms with Crippen molar-refractivity contribution in [3.05, 3.63) is 42.1 Å². The summed E-state index contributed by atoms with van der Waals surface area (Å²) in [5.41, 5.74) is 6.23. The molecule has 2 N–H and O–H groups in total. The zero-order chi connectivity index (χ0) is 11.4. The van der Waals surface area contributed by atoms with Crippen molar-refractivity contribution in [2.24, 2.45) is 4.99 Å². The number of hydrogen-bond acceptors (Lipinski definition) is 5. The summed E-state index contributed by atoms with van der Waals surface area (Å²) in [5, 5.41) is 14.9. The lowest BCUT2D eigenvalue weighted by Gasteiger charge is -1.96. The van der Waals surface area contributed by atoms with Gasteiger partial charge in [-0.25, -0.2) is 0 Å². The van der Waals surface area contributed by atoms with Gasteiger partial charge >= 0.3 is 0 Å². The highest BCUT2D eigenvalue weighted by Crippen LogP contribution is 1.99. The Morgan fingerprint density at radius 1 is 1.44 bits per heavy atom. The molecule has 0 aliphatic heterocycles. The van der Waals surface area contributed by atoms with Crippen molar-refractivity contribution in [1.82, 2.24) is 5.27 Å². The van der Waals surface area contributed by atoms with Gasteiger partial charge in [0.1, 0.15) is 5.27 Å². The number of anilines is 1. The number of hydrogen-bond donors (Lipinski definition) is 1. The van der Waals surface area contributed by atoms with Gasteiger partial charge in [-0.3, -0.25) is 0 Å². The molecule has 0 aliphatic rings. The Labute approximate surface area is 91.6 Å². The molecule has 6 heteroatoms. The molecule has 0 aliphatic carbocycles. The average molecular weight is 218 g/mol. The molecule has 1 heterocycles. The van der Waals surface area contributed by atoms with Crippen LogP contribution in [0.2, 0.25) is 0 Å². The lowest BCUT2D eigenvalue weighted by atomic mass is 10.2. The van der Waals surface area contributed by atoms with E-state index in [4.69, 9.17) is 5.73 Å². The SMILES string of the molecule is Nc1c[n+](C([O-])=NCc2ccccc2)no1. The Morgan fingerprint density at radius 3 is 2.81 bits per heavy atom. The summed E-state index contributed by atoms with van der Waals surface area (Å²) in [4.78, 5) is 3.82. The number of aromatic nitrogens is 2. The third-order valence-electron chi connectivity index (χ3n) is 1.92. The Morgan fingerprint density at radius 2 is 2.19 bits per heavy atom. The van der Waals surface area contributed by atoms with Crippen LogP contribution in [0, 0.1) is 0 Å². The summed E-state index contributed by atoms with van der Waals surface area (Å²) in [6.45, 7) is 0.305.